The topological polar surface area (TPSA) is 55.2 Å². The molecule has 1 fully saturated rings. The zero-order valence-corrected chi connectivity index (χ0v) is 19.3. The maximum absolute atomic E-state index is 12.2. The van der Waals surface area contributed by atoms with E-state index in [9.17, 15) is 4.79 Å². The molecule has 1 aliphatic heterocycles. The Hall–Kier alpha value is -2.99. The largest absolute Gasteiger partial charge is 0.493 e. The van der Waals surface area contributed by atoms with Crippen LogP contribution in [0, 0.1) is 0 Å². The average Bonchev–Trinajstić information content (AvgIpc) is 3.36. The van der Waals surface area contributed by atoms with Crippen LogP contribution in [0.1, 0.15) is 30.4 Å². The maximum Gasteiger partial charge on any atom is 0.339 e. The lowest BCUT2D eigenvalue weighted by Gasteiger charge is -2.36. The normalized spacial score (nSPS) is 16.2. The van der Waals surface area contributed by atoms with Crippen LogP contribution in [0.15, 0.2) is 51.7 Å². The lowest BCUT2D eigenvalue weighted by molar-refractivity contribution is 0.236. The number of fused-ring (bicyclic) bond motifs is 3. The van der Waals surface area contributed by atoms with E-state index >= 15 is 0 Å². The molecular formula is C27H32N2O4. The van der Waals surface area contributed by atoms with E-state index in [-0.39, 0.29) is 5.63 Å². The zero-order chi connectivity index (χ0) is 22.6. The molecule has 1 aromatic heterocycles. The first-order valence-corrected chi connectivity index (χ1v) is 12.0. The molecule has 6 nitrogen and oxygen atoms in total. The van der Waals surface area contributed by atoms with E-state index in [4.69, 9.17) is 13.9 Å². The fraction of sp³-hybridized carbons (Fsp3) is 0.444. The Kier molecular flexibility index (Phi) is 6.53. The second-order valence-electron chi connectivity index (χ2n) is 8.92. The molecule has 2 aliphatic rings. The summed E-state index contributed by atoms with van der Waals surface area (Å²) in [6.07, 6.45) is 4.81. The fourth-order valence-electron chi connectivity index (χ4n) is 5.05. The summed E-state index contributed by atoms with van der Waals surface area (Å²) in [5, 5.41) is 0.981. The second-order valence-corrected chi connectivity index (χ2v) is 8.92. The number of benzene rings is 2. The van der Waals surface area contributed by atoms with Gasteiger partial charge in [-0.1, -0.05) is 18.2 Å². The summed E-state index contributed by atoms with van der Waals surface area (Å²) in [5.74, 6) is 1.34. The Bertz CT molecular complexity index is 1150. The SMILES string of the molecule is COc1cc2oc(=O)c3c(c2cc1OCCCCN1CCN(c2ccccc2)CC1)CCC3. The Labute approximate surface area is 194 Å². The highest BCUT2D eigenvalue weighted by atomic mass is 16.5. The second kappa shape index (κ2) is 9.87. The van der Waals surface area contributed by atoms with Crippen LogP contribution >= 0.6 is 0 Å². The molecule has 2 aromatic carbocycles. The van der Waals surface area contributed by atoms with Gasteiger partial charge in [0, 0.05) is 48.9 Å². The third kappa shape index (κ3) is 4.71. The number of nitrogens with zero attached hydrogens (tertiary/aromatic N) is 2. The van der Waals surface area contributed by atoms with Crippen molar-refractivity contribution in [2.24, 2.45) is 0 Å². The Morgan fingerprint density at radius 3 is 2.52 bits per heavy atom. The number of rotatable bonds is 8. The van der Waals surface area contributed by atoms with E-state index in [0.717, 1.165) is 87.1 Å². The predicted octanol–water partition coefficient (Wildman–Crippen LogP) is 4.27. The summed E-state index contributed by atoms with van der Waals surface area (Å²) in [6.45, 7) is 6.10. The molecule has 0 atom stereocenters. The van der Waals surface area contributed by atoms with Gasteiger partial charge >= 0.3 is 5.63 Å². The minimum Gasteiger partial charge on any atom is -0.493 e. The van der Waals surface area contributed by atoms with Crippen molar-refractivity contribution in [1.29, 1.82) is 0 Å². The molecule has 0 radical (unpaired) electrons. The molecular weight excluding hydrogens is 416 g/mol. The summed E-state index contributed by atoms with van der Waals surface area (Å²) in [5.41, 5.74) is 3.63. The molecule has 0 bridgehead atoms. The maximum atomic E-state index is 12.2. The van der Waals surface area contributed by atoms with Gasteiger partial charge in [0.15, 0.2) is 11.5 Å². The van der Waals surface area contributed by atoms with Gasteiger partial charge in [-0.15, -0.1) is 0 Å². The van der Waals surface area contributed by atoms with Crippen molar-refractivity contribution in [2.75, 3.05) is 51.3 Å². The zero-order valence-electron chi connectivity index (χ0n) is 19.3. The third-order valence-corrected chi connectivity index (χ3v) is 6.88. The number of hydrogen-bond acceptors (Lipinski definition) is 6. The summed E-state index contributed by atoms with van der Waals surface area (Å²) in [7, 11) is 1.62. The van der Waals surface area contributed by atoms with Crippen LogP contribution in [0.4, 0.5) is 5.69 Å². The van der Waals surface area contributed by atoms with Gasteiger partial charge in [0.25, 0.3) is 0 Å². The molecule has 0 amide bonds. The Balaban J connectivity index is 1.13. The number of para-hydroxylation sites is 1. The van der Waals surface area contributed by atoms with E-state index in [1.807, 2.05) is 6.07 Å². The highest BCUT2D eigenvalue weighted by molar-refractivity contribution is 5.85. The highest BCUT2D eigenvalue weighted by Crippen LogP contribution is 2.36. The number of aryl methyl sites for hydroxylation is 1. The van der Waals surface area contributed by atoms with Crippen molar-refractivity contribution >= 4 is 16.7 Å². The standard InChI is InChI=1S/C27H32N2O4/c1-31-25-19-24-23(21-10-7-11-22(21)27(30)33-24)18-26(25)32-17-6-5-12-28-13-15-29(16-14-28)20-8-3-2-4-9-20/h2-4,8-9,18-19H,5-7,10-17H2,1H3. The number of piperazine rings is 1. The first-order chi connectivity index (χ1) is 16.2. The van der Waals surface area contributed by atoms with Gasteiger partial charge in [0.1, 0.15) is 5.58 Å². The summed E-state index contributed by atoms with van der Waals surface area (Å²) >= 11 is 0. The van der Waals surface area contributed by atoms with Gasteiger partial charge in [-0.25, -0.2) is 4.79 Å². The minimum atomic E-state index is -0.213. The molecule has 174 valence electrons. The van der Waals surface area contributed by atoms with E-state index in [1.54, 1.807) is 13.2 Å². The van der Waals surface area contributed by atoms with Crippen molar-refractivity contribution < 1.29 is 13.9 Å². The number of methoxy groups -OCH3 is 1. The molecule has 5 rings (SSSR count). The molecule has 1 aliphatic carbocycles. The summed E-state index contributed by atoms with van der Waals surface area (Å²) in [4.78, 5) is 17.2. The molecule has 2 heterocycles. The molecule has 3 aromatic rings. The van der Waals surface area contributed by atoms with Gasteiger partial charge in [-0.3, -0.25) is 4.90 Å². The smallest absolute Gasteiger partial charge is 0.339 e. The van der Waals surface area contributed by atoms with Crippen molar-refractivity contribution in [3.63, 3.8) is 0 Å². The highest BCUT2D eigenvalue weighted by Gasteiger charge is 2.21. The molecule has 33 heavy (non-hydrogen) atoms. The first-order valence-electron chi connectivity index (χ1n) is 12.0. The molecule has 0 N–H and O–H groups in total. The first kappa shape index (κ1) is 21.8. The van der Waals surface area contributed by atoms with Crippen molar-refractivity contribution in [1.82, 2.24) is 4.90 Å². The van der Waals surface area contributed by atoms with Crippen LogP contribution in [0.2, 0.25) is 0 Å². The average molecular weight is 449 g/mol. The van der Waals surface area contributed by atoms with Crippen molar-refractivity contribution in [3.8, 4) is 11.5 Å². The lowest BCUT2D eigenvalue weighted by Crippen LogP contribution is -2.46. The molecule has 0 unspecified atom stereocenters. The van der Waals surface area contributed by atoms with Gasteiger partial charge in [0.2, 0.25) is 0 Å². The van der Waals surface area contributed by atoms with Gasteiger partial charge < -0.3 is 18.8 Å². The number of anilines is 1. The number of hydrogen-bond donors (Lipinski definition) is 0. The molecule has 0 spiro atoms. The third-order valence-electron chi connectivity index (χ3n) is 6.88. The van der Waals surface area contributed by atoms with E-state index in [1.165, 1.54) is 5.69 Å². The van der Waals surface area contributed by atoms with Crippen molar-refractivity contribution in [2.45, 2.75) is 32.1 Å². The summed E-state index contributed by atoms with van der Waals surface area (Å²) in [6, 6.07) is 14.4. The van der Waals surface area contributed by atoms with Gasteiger partial charge in [-0.2, -0.15) is 0 Å². The van der Waals surface area contributed by atoms with Crippen LogP contribution in [-0.4, -0.2) is 51.3 Å². The van der Waals surface area contributed by atoms with E-state index in [0.29, 0.717) is 17.9 Å². The van der Waals surface area contributed by atoms with Gasteiger partial charge in [-0.05, 0) is 62.4 Å². The van der Waals surface area contributed by atoms with Crippen LogP contribution in [0.5, 0.6) is 11.5 Å². The molecule has 0 saturated carbocycles. The number of unbranched alkanes of at least 4 members (excludes halogenated alkanes) is 1. The van der Waals surface area contributed by atoms with Crippen LogP contribution in [0.3, 0.4) is 0 Å². The summed E-state index contributed by atoms with van der Waals surface area (Å²) < 4.78 is 17.2. The number of ether oxygens (including phenoxy) is 2. The minimum absolute atomic E-state index is 0.213. The van der Waals surface area contributed by atoms with E-state index in [2.05, 4.69) is 40.1 Å². The molecule has 6 heteroatoms. The van der Waals surface area contributed by atoms with Crippen molar-refractivity contribution in [3.05, 3.63) is 64.0 Å². The Morgan fingerprint density at radius 1 is 0.939 bits per heavy atom. The van der Waals surface area contributed by atoms with Crippen LogP contribution in [0.25, 0.3) is 11.0 Å². The fourth-order valence-corrected chi connectivity index (χ4v) is 5.05. The lowest BCUT2D eigenvalue weighted by atomic mass is 10.1. The Morgan fingerprint density at radius 2 is 1.73 bits per heavy atom. The quantitative estimate of drug-likeness (QED) is 0.379. The van der Waals surface area contributed by atoms with Crippen LogP contribution in [-0.2, 0) is 12.8 Å². The van der Waals surface area contributed by atoms with Gasteiger partial charge in [0.05, 0.1) is 13.7 Å². The predicted molar refractivity (Wildman–Crippen MR) is 131 cm³/mol. The van der Waals surface area contributed by atoms with Crippen LogP contribution < -0.4 is 20.0 Å². The molecule has 1 saturated heterocycles. The van der Waals surface area contributed by atoms with E-state index < -0.39 is 0 Å². The monoisotopic (exact) mass is 448 g/mol.